The van der Waals surface area contributed by atoms with Crippen molar-refractivity contribution in [3.05, 3.63) is 36.2 Å². The van der Waals surface area contributed by atoms with E-state index in [0.717, 1.165) is 0 Å². The van der Waals surface area contributed by atoms with E-state index in [2.05, 4.69) is 20.4 Å². The van der Waals surface area contributed by atoms with Crippen LogP contribution in [0.4, 0.5) is 0 Å². The standard InChI is InChI=1S/C11H13N5O2/c1-7(10-13-6-14-16(10)2)15-11(18)8-3-9(17)5-12-4-8/h3-7,17H,1-2H3,(H,15,18)/t7-/m1/s1. The molecular weight excluding hydrogens is 234 g/mol. The summed E-state index contributed by atoms with van der Waals surface area (Å²) in [7, 11) is 1.75. The molecule has 18 heavy (non-hydrogen) atoms. The fourth-order valence-corrected chi connectivity index (χ4v) is 1.59. The number of amides is 1. The first-order valence-electron chi connectivity index (χ1n) is 5.36. The molecule has 0 saturated carbocycles. The van der Waals surface area contributed by atoms with Crippen molar-refractivity contribution >= 4 is 5.91 Å². The number of nitrogens with zero attached hydrogens (tertiary/aromatic N) is 4. The van der Waals surface area contributed by atoms with Gasteiger partial charge in [0.15, 0.2) is 0 Å². The van der Waals surface area contributed by atoms with Crippen LogP contribution in [-0.2, 0) is 7.05 Å². The van der Waals surface area contributed by atoms with Gasteiger partial charge in [0, 0.05) is 13.2 Å². The van der Waals surface area contributed by atoms with Crippen LogP contribution in [0.25, 0.3) is 0 Å². The Morgan fingerprint density at radius 3 is 2.89 bits per heavy atom. The highest BCUT2D eigenvalue weighted by molar-refractivity contribution is 5.94. The Hall–Kier alpha value is -2.44. The van der Waals surface area contributed by atoms with Gasteiger partial charge in [-0.2, -0.15) is 5.10 Å². The normalized spacial score (nSPS) is 12.1. The number of carbonyl (C=O) groups excluding carboxylic acids is 1. The number of aromatic nitrogens is 4. The lowest BCUT2D eigenvalue weighted by Crippen LogP contribution is -2.28. The van der Waals surface area contributed by atoms with Crippen LogP contribution in [0.5, 0.6) is 5.75 Å². The van der Waals surface area contributed by atoms with Gasteiger partial charge in [-0.25, -0.2) is 4.98 Å². The zero-order chi connectivity index (χ0) is 13.1. The van der Waals surface area contributed by atoms with Gasteiger partial charge < -0.3 is 10.4 Å². The number of rotatable bonds is 3. The zero-order valence-electron chi connectivity index (χ0n) is 10.0. The van der Waals surface area contributed by atoms with Gasteiger partial charge in [0.1, 0.15) is 17.9 Å². The van der Waals surface area contributed by atoms with Crippen LogP contribution in [-0.4, -0.2) is 30.8 Å². The van der Waals surface area contributed by atoms with E-state index in [1.54, 1.807) is 18.7 Å². The van der Waals surface area contributed by atoms with E-state index in [1.165, 1.54) is 24.8 Å². The molecule has 2 aromatic heterocycles. The van der Waals surface area contributed by atoms with Crippen LogP contribution in [0.15, 0.2) is 24.8 Å². The SMILES string of the molecule is C[C@@H](NC(=O)c1cncc(O)c1)c1ncnn1C. The molecule has 0 aliphatic rings. The summed E-state index contributed by atoms with van der Waals surface area (Å²) < 4.78 is 1.59. The molecule has 7 nitrogen and oxygen atoms in total. The molecule has 94 valence electrons. The van der Waals surface area contributed by atoms with Crippen LogP contribution in [0, 0.1) is 0 Å². The van der Waals surface area contributed by atoms with E-state index in [1.807, 2.05) is 0 Å². The van der Waals surface area contributed by atoms with E-state index in [9.17, 15) is 9.90 Å². The molecule has 2 heterocycles. The first kappa shape index (κ1) is 12.0. The maximum atomic E-state index is 11.9. The van der Waals surface area contributed by atoms with Crippen molar-refractivity contribution in [3.63, 3.8) is 0 Å². The smallest absolute Gasteiger partial charge is 0.253 e. The average molecular weight is 247 g/mol. The van der Waals surface area contributed by atoms with Crippen molar-refractivity contribution in [3.8, 4) is 5.75 Å². The molecule has 2 rings (SSSR count). The minimum Gasteiger partial charge on any atom is -0.506 e. The number of hydrogen-bond donors (Lipinski definition) is 2. The molecule has 0 radical (unpaired) electrons. The van der Waals surface area contributed by atoms with E-state index in [4.69, 9.17) is 0 Å². The Balaban J connectivity index is 2.10. The van der Waals surface area contributed by atoms with Gasteiger partial charge >= 0.3 is 0 Å². The van der Waals surface area contributed by atoms with Crippen LogP contribution in [0.3, 0.4) is 0 Å². The summed E-state index contributed by atoms with van der Waals surface area (Å²) in [6, 6.07) is 1.07. The molecule has 2 aromatic rings. The van der Waals surface area contributed by atoms with Crippen molar-refractivity contribution in [2.45, 2.75) is 13.0 Å². The van der Waals surface area contributed by atoms with Crippen molar-refractivity contribution in [2.24, 2.45) is 7.05 Å². The largest absolute Gasteiger partial charge is 0.506 e. The van der Waals surface area contributed by atoms with Gasteiger partial charge in [0.25, 0.3) is 5.91 Å². The van der Waals surface area contributed by atoms with Crippen LogP contribution in [0.1, 0.15) is 29.1 Å². The summed E-state index contributed by atoms with van der Waals surface area (Å²) >= 11 is 0. The van der Waals surface area contributed by atoms with E-state index >= 15 is 0 Å². The first-order chi connectivity index (χ1) is 8.58. The Morgan fingerprint density at radius 1 is 1.50 bits per heavy atom. The number of nitrogens with one attached hydrogen (secondary N) is 1. The lowest BCUT2D eigenvalue weighted by atomic mass is 10.2. The monoisotopic (exact) mass is 247 g/mol. The number of pyridine rings is 1. The fourth-order valence-electron chi connectivity index (χ4n) is 1.59. The second-order valence-electron chi connectivity index (χ2n) is 3.87. The van der Waals surface area contributed by atoms with Gasteiger partial charge in [0.2, 0.25) is 0 Å². The van der Waals surface area contributed by atoms with Crippen LogP contribution < -0.4 is 5.32 Å². The number of aryl methyl sites for hydroxylation is 1. The van der Waals surface area contributed by atoms with Gasteiger partial charge in [-0.15, -0.1) is 0 Å². The Morgan fingerprint density at radius 2 is 2.28 bits per heavy atom. The van der Waals surface area contributed by atoms with Gasteiger partial charge in [-0.1, -0.05) is 0 Å². The third kappa shape index (κ3) is 2.45. The third-order valence-corrected chi connectivity index (χ3v) is 2.47. The molecule has 0 bridgehead atoms. The number of hydrogen-bond acceptors (Lipinski definition) is 5. The van der Waals surface area contributed by atoms with Crippen molar-refractivity contribution in [1.82, 2.24) is 25.1 Å². The molecule has 0 aromatic carbocycles. The molecule has 0 saturated heterocycles. The number of aromatic hydroxyl groups is 1. The second-order valence-corrected chi connectivity index (χ2v) is 3.87. The van der Waals surface area contributed by atoms with Crippen molar-refractivity contribution < 1.29 is 9.90 Å². The average Bonchev–Trinajstić information content (AvgIpc) is 2.75. The molecule has 2 N–H and O–H groups in total. The summed E-state index contributed by atoms with van der Waals surface area (Å²) in [4.78, 5) is 19.7. The Kier molecular flexibility index (Phi) is 3.22. The zero-order valence-corrected chi connectivity index (χ0v) is 10.0. The maximum Gasteiger partial charge on any atom is 0.253 e. The topological polar surface area (TPSA) is 92.9 Å². The molecule has 1 atom stereocenters. The predicted molar refractivity (Wildman–Crippen MR) is 62.8 cm³/mol. The highest BCUT2D eigenvalue weighted by Gasteiger charge is 2.15. The lowest BCUT2D eigenvalue weighted by molar-refractivity contribution is 0.0937. The molecule has 0 spiro atoms. The minimum absolute atomic E-state index is 0.0473. The van der Waals surface area contributed by atoms with Crippen LogP contribution >= 0.6 is 0 Å². The van der Waals surface area contributed by atoms with Gasteiger partial charge in [-0.05, 0) is 13.0 Å². The Labute approximate surface area is 104 Å². The predicted octanol–water partition coefficient (Wildman–Crippen LogP) is 0.407. The molecule has 0 unspecified atom stereocenters. The van der Waals surface area contributed by atoms with Crippen LogP contribution in [0.2, 0.25) is 0 Å². The molecule has 0 aliphatic carbocycles. The molecule has 7 heteroatoms. The molecular formula is C11H13N5O2. The molecule has 0 aliphatic heterocycles. The quantitative estimate of drug-likeness (QED) is 0.819. The van der Waals surface area contributed by atoms with E-state index in [-0.39, 0.29) is 17.7 Å². The van der Waals surface area contributed by atoms with Crippen molar-refractivity contribution in [2.75, 3.05) is 0 Å². The lowest BCUT2D eigenvalue weighted by Gasteiger charge is -2.12. The summed E-state index contributed by atoms with van der Waals surface area (Å²) in [5, 5.41) is 15.9. The fraction of sp³-hybridized carbons (Fsp3) is 0.273. The van der Waals surface area contributed by atoms with Gasteiger partial charge in [-0.3, -0.25) is 14.5 Å². The van der Waals surface area contributed by atoms with E-state index in [0.29, 0.717) is 11.4 Å². The summed E-state index contributed by atoms with van der Waals surface area (Å²) in [6.45, 7) is 1.80. The summed E-state index contributed by atoms with van der Waals surface area (Å²) in [5.41, 5.74) is 0.295. The van der Waals surface area contributed by atoms with E-state index < -0.39 is 0 Å². The first-order valence-corrected chi connectivity index (χ1v) is 5.36. The Bertz CT molecular complexity index is 566. The van der Waals surface area contributed by atoms with Crippen molar-refractivity contribution in [1.29, 1.82) is 0 Å². The maximum absolute atomic E-state index is 11.9. The second kappa shape index (κ2) is 4.82. The summed E-state index contributed by atoms with van der Waals surface area (Å²) in [5.74, 6) is 0.277. The highest BCUT2D eigenvalue weighted by Crippen LogP contribution is 2.11. The molecule has 0 fully saturated rings. The number of carbonyl (C=O) groups is 1. The minimum atomic E-state index is -0.325. The van der Waals surface area contributed by atoms with Gasteiger partial charge in [0.05, 0.1) is 17.8 Å². The third-order valence-electron chi connectivity index (χ3n) is 2.47. The summed E-state index contributed by atoms with van der Waals surface area (Å²) in [6.07, 6.45) is 4.08. The molecule has 1 amide bonds. The highest BCUT2D eigenvalue weighted by atomic mass is 16.3.